The number of Topliss-reactive ketones (excluding diaryl/α,β-unsaturated/α-hetero) is 1. The number of ether oxygens (including phenoxy) is 1. The van der Waals surface area contributed by atoms with Gasteiger partial charge in [-0.05, 0) is 59.7 Å². The number of carbonyl (C=O) groups excluding carboxylic acids is 2. The van der Waals surface area contributed by atoms with Crippen LogP contribution in [0.25, 0.3) is 5.76 Å². The fourth-order valence-corrected chi connectivity index (χ4v) is 3.91. The van der Waals surface area contributed by atoms with Crippen LogP contribution in [0.3, 0.4) is 0 Å². The van der Waals surface area contributed by atoms with E-state index in [1.807, 2.05) is 0 Å². The summed E-state index contributed by atoms with van der Waals surface area (Å²) in [5.74, 6) is -3.11. The molecule has 1 aliphatic heterocycles. The molecule has 2 N–H and O–H groups in total. The van der Waals surface area contributed by atoms with Gasteiger partial charge < -0.3 is 14.9 Å². The molecule has 172 valence electrons. The number of anilines is 1. The highest BCUT2D eigenvalue weighted by Gasteiger charge is 2.47. The molecule has 0 bridgehead atoms. The van der Waals surface area contributed by atoms with E-state index in [1.165, 1.54) is 24.1 Å². The predicted octanol–water partition coefficient (Wildman–Crippen LogP) is 4.09. The topological polar surface area (TPSA) is 104 Å². The van der Waals surface area contributed by atoms with Crippen LogP contribution in [-0.4, -0.2) is 35.0 Å². The van der Waals surface area contributed by atoms with Crippen LogP contribution in [0.2, 0.25) is 0 Å². The zero-order chi connectivity index (χ0) is 24.4. The van der Waals surface area contributed by atoms with E-state index in [9.17, 15) is 23.9 Å². The number of hydrogen-bond acceptors (Lipinski definition) is 5. The molecule has 3 aromatic carbocycles. The summed E-state index contributed by atoms with van der Waals surface area (Å²) in [4.78, 5) is 38.5. The molecule has 0 radical (unpaired) electrons. The van der Waals surface area contributed by atoms with Gasteiger partial charge in [0.25, 0.3) is 11.7 Å². The van der Waals surface area contributed by atoms with Crippen molar-refractivity contribution in [2.24, 2.45) is 0 Å². The second kappa shape index (κ2) is 9.19. The Labute approximate surface area is 194 Å². The molecule has 8 heteroatoms. The maximum Gasteiger partial charge on any atom is 0.307 e. The molecule has 1 amide bonds. The molecule has 34 heavy (non-hydrogen) atoms. The maximum absolute atomic E-state index is 13.4. The zero-order valence-electron chi connectivity index (χ0n) is 18.1. The van der Waals surface area contributed by atoms with E-state index in [2.05, 4.69) is 0 Å². The fourth-order valence-electron chi connectivity index (χ4n) is 3.91. The summed E-state index contributed by atoms with van der Waals surface area (Å²) in [6, 6.07) is 16.9. The highest BCUT2D eigenvalue weighted by molar-refractivity contribution is 6.51. The van der Waals surface area contributed by atoms with Gasteiger partial charge >= 0.3 is 5.97 Å². The summed E-state index contributed by atoms with van der Waals surface area (Å²) >= 11 is 0. The first kappa shape index (κ1) is 22.7. The number of aliphatic hydroxyl groups is 1. The number of hydrogen-bond donors (Lipinski definition) is 2. The number of halogens is 1. The third-order valence-corrected chi connectivity index (χ3v) is 5.56. The monoisotopic (exact) mass is 461 g/mol. The van der Waals surface area contributed by atoms with Crippen LogP contribution in [0.1, 0.15) is 22.7 Å². The first-order chi connectivity index (χ1) is 16.3. The summed E-state index contributed by atoms with van der Waals surface area (Å²) in [5.41, 5.74) is 1.47. The van der Waals surface area contributed by atoms with Gasteiger partial charge in [0.05, 0.1) is 25.1 Å². The SMILES string of the molecule is COc1ccc(C2/C(=C(\O)c3ccc(F)cc3)C(=O)C(=O)N2c2ccc(CC(=O)O)cc2)cc1. The van der Waals surface area contributed by atoms with E-state index in [0.717, 1.165) is 12.1 Å². The lowest BCUT2D eigenvalue weighted by molar-refractivity contribution is -0.136. The minimum atomic E-state index is -0.995. The minimum absolute atomic E-state index is 0.142. The first-order valence-electron chi connectivity index (χ1n) is 10.3. The van der Waals surface area contributed by atoms with Crippen molar-refractivity contribution in [1.82, 2.24) is 0 Å². The summed E-state index contributed by atoms with van der Waals surface area (Å²) in [6.07, 6.45) is -0.189. The number of nitrogens with zero attached hydrogens (tertiary/aromatic N) is 1. The molecule has 1 saturated heterocycles. The third-order valence-electron chi connectivity index (χ3n) is 5.56. The van der Waals surface area contributed by atoms with Crippen LogP contribution in [0.15, 0.2) is 78.4 Å². The fraction of sp³-hybridized carbons (Fsp3) is 0.115. The van der Waals surface area contributed by atoms with Gasteiger partial charge in [-0.1, -0.05) is 24.3 Å². The Morgan fingerprint density at radius 3 is 2.12 bits per heavy atom. The van der Waals surface area contributed by atoms with Gasteiger partial charge in [0.15, 0.2) is 0 Å². The van der Waals surface area contributed by atoms with Crippen LogP contribution in [0.4, 0.5) is 10.1 Å². The highest BCUT2D eigenvalue weighted by Crippen LogP contribution is 2.42. The maximum atomic E-state index is 13.4. The first-order valence-corrected chi connectivity index (χ1v) is 10.3. The molecule has 1 unspecified atom stereocenters. The Kier molecular flexibility index (Phi) is 6.14. The molecular weight excluding hydrogens is 441 g/mol. The lowest BCUT2D eigenvalue weighted by atomic mass is 9.95. The Balaban J connectivity index is 1.86. The van der Waals surface area contributed by atoms with E-state index in [-0.39, 0.29) is 17.6 Å². The number of carboxylic acid groups (broad SMARTS) is 1. The van der Waals surface area contributed by atoms with Crippen molar-refractivity contribution in [3.8, 4) is 5.75 Å². The summed E-state index contributed by atoms with van der Waals surface area (Å²) in [7, 11) is 1.51. The quantitative estimate of drug-likeness (QED) is 0.326. The number of methoxy groups -OCH3 is 1. The van der Waals surface area contributed by atoms with Crippen molar-refractivity contribution < 1.29 is 33.7 Å². The highest BCUT2D eigenvalue weighted by atomic mass is 19.1. The van der Waals surface area contributed by atoms with Crippen molar-refractivity contribution >= 4 is 29.1 Å². The second-order valence-corrected chi connectivity index (χ2v) is 7.69. The van der Waals surface area contributed by atoms with Crippen molar-refractivity contribution in [1.29, 1.82) is 0 Å². The Morgan fingerprint density at radius 2 is 1.56 bits per heavy atom. The molecular formula is C26H20FNO6. The lowest BCUT2D eigenvalue weighted by Crippen LogP contribution is -2.29. The Morgan fingerprint density at radius 1 is 0.941 bits per heavy atom. The number of carboxylic acids is 1. The van der Waals surface area contributed by atoms with Gasteiger partial charge in [0.1, 0.15) is 17.3 Å². The van der Waals surface area contributed by atoms with Gasteiger partial charge in [-0.25, -0.2) is 4.39 Å². The number of aliphatic hydroxyl groups excluding tert-OH is 1. The standard InChI is InChI=1S/C26H20FNO6/c1-34-20-12-6-16(7-13-20)23-22(24(31)17-4-8-18(27)9-5-17)25(32)26(33)28(23)19-10-2-15(3-11-19)14-21(29)30/h2-13,23,31H,14H2,1H3,(H,29,30)/b24-22+. The molecule has 3 aromatic rings. The number of rotatable bonds is 6. The van der Waals surface area contributed by atoms with Crippen molar-refractivity contribution in [3.05, 3.63) is 101 Å². The average Bonchev–Trinajstić information content (AvgIpc) is 3.10. The summed E-state index contributed by atoms with van der Waals surface area (Å²) in [6.45, 7) is 0. The van der Waals surface area contributed by atoms with Gasteiger partial charge in [-0.15, -0.1) is 0 Å². The van der Waals surface area contributed by atoms with Gasteiger partial charge in [0.2, 0.25) is 0 Å². The van der Waals surface area contributed by atoms with Gasteiger partial charge in [-0.2, -0.15) is 0 Å². The molecule has 0 aliphatic carbocycles. The Hall–Kier alpha value is -4.46. The number of carbonyl (C=O) groups is 3. The number of ketones is 1. The van der Waals surface area contributed by atoms with Gasteiger partial charge in [-0.3, -0.25) is 19.3 Å². The number of aliphatic carboxylic acids is 1. The normalized spacial score (nSPS) is 17.1. The zero-order valence-corrected chi connectivity index (χ0v) is 18.1. The average molecular weight is 461 g/mol. The molecule has 0 spiro atoms. The molecule has 0 saturated carbocycles. The summed E-state index contributed by atoms with van der Waals surface area (Å²) < 4.78 is 18.6. The van der Waals surface area contributed by atoms with E-state index in [4.69, 9.17) is 9.84 Å². The van der Waals surface area contributed by atoms with Crippen molar-refractivity contribution in [2.45, 2.75) is 12.5 Å². The molecule has 1 aliphatic rings. The van der Waals surface area contributed by atoms with E-state index < -0.39 is 35.3 Å². The minimum Gasteiger partial charge on any atom is -0.507 e. The molecule has 1 heterocycles. The largest absolute Gasteiger partial charge is 0.507 e. The smallest absolute Gasteiger partial charge is 0.307 e. The third kappa shape index (κ3) is 4.25. The van der Waals surface area contributed by atoms with Crippen LogP contribution < -0.4 is 9.64 Å². The predicted molar refractivity (Wildman–Crippen MR) is 122 cm³/mol. The number of amides is 1. The molecule has 1 fully saturated rings. The molecule has 7 nitrogen and oxygen atoms in total. The van der Waals surface area contributed by atoms with Crippen molar-refractivity contribution in [2.75, 3.05) is 12.0 Å². The van der Waals surface area contributed by atoms with Gasteiger partial charge in [0, 0.05) is 11.3 Å². The van der Waals surface area contributed by atoms with E-state index >= 15 is 0 Å². The Bertz CT molecular complexity index is 1280. The summed E-state index contributed by atoms with van der Waals surface area (Å²) in [5, 5.41) is 20.0. The number of benzene rings is 3. The van der Waals surface area contributed by atoms with Crippen molar-refractivity contribution in [3.63, 3.8) is 0 Å². The molecule has 0 aromatic heterocycles. The van der Waals surface area contributed by atoms with E-state index in [0.29, 0.717) is 22.6 Å². The van der Waals surface area contributed by atoms with Crippen LogP contribution >= 0.6 is 0 Å². The molecule has 1 atom stereocenters. The van der Waals surface area contributed by atoms with E-state index in [1.54, 1.807) is 48.5 Å². The second-order valence-electron chi connectivity index (χ2n) is 7.69. The van der Waals surface area contributed by atoms with Crippen LogP contribution in [0, 0.1) is 5.82 Å². The lowest BCUT2D eigenvalue weighted by Gasteiger charge is -2.25. The molecule has 4 rings (SSSR count). The van der Waals surface area contributed by atoms with Crippen LogP contribution in [-0.2, 0) is 20.8 Å². The van der Waals surface area contributed by atoms with Crippen LogP contribution in [0.5, 0.6) is 5.75 Å².